The molecule has 0 saturated carbocycles. The summed E-state index contributed by atoms with van der Waals surface area (Å²) in [4.78, 5) is 3.69. The predicted molar refractivity (Wildman–Crippen MR) is 56.8 cm³/mol. The number of pyridine rings is 1. The van der Waals surface area contributed by atoms with Crippen molar-refractivity contribution in [2.24, 2.45) is 5.84 Å². The lowest BCUT2D eigenvalue weighted by Gasteiger charge is -2.15. The summed E-state index contributed by atoms with van der Waals surface area (Å²) in [6.45, 7) is 1.88. The van der Waals surface area contributed by atoms with Crippen molar-refractivity contribution >= 4 is 0 Å². The molecule has 2 aromatic rings. The molecule has 0 aliphatic rings. The summed E-state index contributed by atoms with van der Waals surface area (Å²) < 4.78 is 18.8. The van der Waals surface area contributed by atoms with Gasteiger partial charge in [-0.15, -0.1) is 0 Å². The predicted octanol–water partition coefficient (Wildman–Crippen LogP) is 1.67. The number of nitrogens with two attached hydrogens (primary N) is 1. The van der Waals surface area contributed by atoms with E-state index < -0.39 is 11.9 Å². The van der Waals surface area contributed by atoms with Crippen LogP contribution in [0.4, 0.5) is 4.39 Å². The minimum absolute atomic E-state index is 0.413. The van der Waals surface area contributed by atoms with Crippen molar-refractivity contribution in [3.8, 4) is 0 Å². The van der Waals surface area contributed by atoms with E-state index in [1.54, 1.807) is 18.4 Å². The molecule has 2 heterocycles. The summed E-state index contributed by atoms with van der Waals surface area (Å²) in [6, 6.07) is 2.87. The minimum atomic E-state index is -0.502. The Hall–Kier alpha value is -1.72. The van der Waals surface area contributed by atoms with Crippen LogP contribution in [-0.4, -0.2) is 4.98 Å². The van der Waals surface area contributed by atoms with E-state index in [1.807, 2.05) is 6.92 Å². The van der Waals surface area contributed by atoms with Gasteiger partial charge in [-0.05, 0) is 24.6 Å². The lowest BCUT2D eigenvalue weighted by atomic mass is 10.0. The summed E-state index contributed by atoms with van der Waals surface area (Å²) in [5, 5.41) is 0. The van der Waals surface area contributed by atoms with E-state index in [4.69, 9.17) is 10.3 Å². The largest absolute Gasteiger partial charge is 0.467 e. The molecule has 16 heavy (non-hydrogen) atoms. The number of furan rings is 1. The zero-order valence-corrected chi connectivity index (χ0v) is 8.77. The van der Waals surface area contributed by atoms with Crippen LogP contribution in [0.3, 0.4) is 0 Å². The number of hydrogen-bond acceptors (Lipinski definition) is 4. The van der Waals surface area contributed by atoms with Gasteiger partial charge >= 0.3 is 0 Å². The second-order valence-corrected chi connectivity index (χ2v) is 3.46. The maximum Gasteiger partial charge on any atom is 0.146 e. The molecule has 2 rings (SSSR count). The molecule has 0 fully saturated rings. The smallest absolute Gasteiger partial charge is 0.146 e. The molecule has 2 aromatic heterocycles. The summed E-state index contributed by atoms with van der Waals surface area (Å²) >= 11 is 0. The highest BCUT2D eigenvalue weighted by atomic mass is 19.1. The maximum absolute atomic E-state index is 13.6. The van der Waals surface area contributed by atoms with Crippen LogP contribution in [0.2, 0.25) is 0 Å². The third kappa shape index (κ3) is 1.82. The lowest BCUT2D eigenvalue weighted by Crippen LogP contribution is -2.29. The molecule has 0 bridgehead atoms. The van der Waals surface area contributed by atoms with Gasteiger partial charge in [0, 0.05) is 11.8 Å². The molecule has 1 atom stereocenters. The van der Waals surface area contributed by atoms with Gasteiger partial charge in [-0.1, -0.05) is 0 Å². The fourth-order valence-corrected chi connectivity index (χ4v) is 1.61. The van der Waals surface area contributed by atoms with Gasteiger partial charge in [0.25, 0.3) is 0 Å². The molecule has 84 valence electrons. The van der Waals surface area contributed by atoms with Crippen LogP contribution in [0.15, 0.2) is 35.2 Å². The van der Waals surface area contributed by atoms with Crippen molar-refractivity contribution in [2.75, 3.05) is 0 Å². The van der Waals surface area contributed by atoms with E-state index in [-0.39, 0.29) is 0 Å². The van der Waals surface area contributed by atoms with Gasteiger partial charge < -0.3 is 4.42 Å². The number of aryl methyl sites for hydroxylation is 1. The Morgan fingerprint density at radius 3 is 2.88 bits per heavy atom. The summed E-state index contributed by atoms with van der Waals surface area (Å²) in [5.41, 5.74) is 3.87. The van der Waals surface area contributed by atoms with Crippen molar-refractivity contribution in [1.29, 1.82) is 0 Å². The van der Waals surface area contributed by atoms with Gasteiger partial charge in [0.05, 0.1) is 12.5 Å². The summed E-state index contributed by atoms with van der Waals surface area (Å²) in [7, 11) is 0. The Morgan fingerprint density at radius 2 is 2.31 bits per heavy atom. The van der Waals surface area contributed by atoms with Gasteiger partial charge in [-0.2, -0.15) is 0 Å². The van der Waals surface area contributed by atoms with Crippen LogP contribution in [0, 0.1) is 12.7 Å². The van der Waals surface area contributed by atoms with Gasteiger partial charge in [0.15, 0.2) is 0 Å². The number of halogens is 1. The van der Waals surface area contributed by atoms with E-state index in [0.717, 1.165) is 11.8 Å². The molecule has 0 radical (unpaired) electrons. The van der Waals surface area contributed by atoms with Crippen LogP contribution >= 0.6 is 0 Å². The molecule has 5 heteroatoms. The number of nitrogens with one attached hydrogen (secondary N) is 1. The summed E-state index contributed by atoms with van der Waals surface area (Å²) in [6.07, 6.45) is 4.22. The second-order valence-electron chi connectivity index (χ2n) is 3.46. The lowest BCUT2D eigenvalue weighted by molar-refractivity contribution is 0.438. The molecule has 0 aromatic carbocycles. The van der Waals surface area contributed by atoms with E-state index in [9.17, 15) is 4.39 Å². The normalized spacial score (nSPS) is 12.7. The number of aromatic nitrogens is 1. The molecule has 4 nitrogen and oxygen atoms in total. The zero-order chi connectivity index (χ0) is 11.5. The first-order chi connectivity index (χ1) is 7.74. The highest BCUT2D eigenvalue weighted by Crippen LogP contribution is 2.26. The average molecular weight is 221 g/mol. The van der Waals surface area contributed by atoms with Crippen molar-refractivity contribution in [1.82, 2.24) is 10.4 Å². The number of hydrogen-bond donors (Lipinski definition) is 2. The van der Waals surface area contributed by atoms with Crippen molar-refractivity contribution < 1.29 is 8.81 Å². The number of rotatable bonds is 3. The molecular formula is C11H12FN3O. The van der Waals surface area contributed by atoms with E-state index in [0.29, 0.717) is 11.3 Å². The Labute approximate surface area is 92.3 Å². The fraction of sp³-hybridized carbons (Fsp3) is 0.182. The first kappa shape index (κ1) is 10.8. The van der Waals surface area contributed by atoms with E-state index >= 15 is 0 Å². The highest BCUT2D eigenvalue weighted by Gasteiger charge is 2.20. The molecule has 0 aliphatic carbocycles. The summed E-state index contributed by atoms with van der Waals surface area (Å²) in [5.74, 6) is 5.63. The van der Waals surface area contributed by atoms with Crippen LogP contribution in [0.25, 0.3) is 0 Å². The quantitative estimate of drug-likeness (QED) is 0.611. The maximum atomic E-state index is 13.6. The fourth-order valence-electron chi connectivity index (χ4n) is 1.61. The van der Waals surface area contributed by atoms with Gasteiger partial charge in [-0.3, -0.25) is 10.8 Å². The third-order valence-electron chi connectivity index (χ3n) is 2.45. The molecule has 1 unspecified atom stereocenters. The average Bonchev–Trinajstić information content (AvgIpc) is 2.69. The standard InChI is InChI=1S/C11H12FN3O/c1-7-3-5-16-11(7)10(15-13)8-2-4-14-6-9(8)12/h2-6,10,15H,13H2,1H3. The molecule has 3 N–H and O–H groups in total. The van der Waals surface area contributed by atoms with E-state index in [2.05, 4.69) is 10.4 Å². The van der Waals surface area contributed by atoms with Crippen molar-refractivity contribution in [2.45, 2.75) is 13.0 Å². The number of nitrogens with zero attached hydrogens (tertiary/aromatic N) is 1. The zero-order valence-electron chi connectivity index (χ0n) is 8.77. The molecule has 0 amide bonds. The Kier molecular flexibility index (Phi) is 2.98. The van der Waals surface area contributed by atoms with Crippen LogP contribution in [0.5, 0.6) is 0 Å². The van der Waals surface area contributed by atoms with Crippen LogP contribution in [0.1, 0.15) is 22.9 Å². The Bertz CT molecular complexity index is 484. The first-order valence-electron chi connectivity index (χ1n) is 4.83. The molecule has 0 saturated heterocycles. The Morgan fingerprint density at radius 1 is 1.50 bits per heavy atom. The Balaban J connectivity index is 2.45. The van der Waals surface area contributed by atoms with Gasteiger partial charge in [0.1, 0.15) is 17.6 Å². The first-order valence-corrected chi connectivity index (χ1v) is 4.83. The molecular weight excluding hydrogens is 209 g/mol. The molecule has 0 aliphatic heterocycles. The SMILES string of the molecule is Cc1ccoc1C(NN)c1ccncc1F. The van der Waals surface area contributed by atoms with Gasteiger partial charge in [-0.25, -0.2) is 9.82 Å². The second kappa shape index (κ2) is 4.42. The van der Waals surface area contributed by atoms with Gasteiger partial charge in [0.2, 0.25) is 0 Å². The van der Waals surface area contributed by atoms with Crippen molar-refractivity contribution in [3.63, 3.8) is 0 Å². The van der Waals surface area contributed by atoms with Crippen LogP contribution in [-0.2, 0) is 0 Å². The van der Waals surface area contributed by atoms with Crippen molar-refractivity contribution in [3.05, 3.63) is 53.5 Å². The third-order valence-corrected chi connectivity index (χ3v) is 2.45. The van der Waals surface area contributed by atoms with E-state index in [1.165, 1.54) is 6.20 Å². The monoisotopic (exact) mass is 221 g/mol. The minimum Gasteiger partial charge on any atom is -0.467 e. The topological polar surface area (TPSA) is 64.1 Å². The number of hydrazine groups is 1. The highest BCUT2D eigenvalue weighted by molar-refractivity contribution is 5.30. The molecule has 0 spiro atoms. The van der Waals surface area contributed by atoms with Crippen LogP contribution < -0.4 is 11.3 Å².